The number of nitrogens with zero attached hydrogens (tertiary/aromatic N) is 3. The minimum Gasteiger partial charge on any atom is -0.349 e. The largest absolute Gasteiger partial charge is 0.349 e. The van der Waals surface area contributed by atoms with Gasteiger partial charge in [-0.3, -0.25) is 9.59 Å². The Morgan fingerprint density at radius 2 is 2.11 bits per heavy atom. The molecular formula is C21H32N4O2. The van der Waals surface area contributed by atoms with Crippen LogP contribution in [0.25, 0.3) is 0 Å². The van der Waals surface area contributed by atoms with E-state index in [1.54, 1.807) is 4.90 Å². The van der Waals surface area contributed by atoms with Crippen molar-refractivity contribution in [1.82, 2.24) is 20.2 Å². The molecular weight excluding hydrogens is 340 g/mol. The van der Waals surface area contributed by atoms with Gasteiger partial charge in [0.2, 0.25) is 11.8 Å². The molecule has 1 saturated heterocycles. The molecule has 1 atom stereocenters. The predicted octanol–water partition coefficient (Wildman–Crippen LogP) is 2.92. The summed E-state index contributed by atoms with van der Waals surface area (Å²) >= 11 is 0. The second kappa shape index (κ2) is 7.21. The van der Waals surface area contributed by atoms with E-state index in [9.17, 15) is 9.59 Å². The maximum absolute atomic E-state index is 12.5. The highest BCUT2D eigenvalue weighted by Gasteiger charge is 2.35. The Morgan fingerprint density at radius 3 is 2.74 bits per heavy atom. The van der Waals surface area contributed by atoms with Crippen molar-refractivity contribution in [2.24, 2.45) is 5.41 Å². The SMILES string of the molecule is CC1(C)Cc2nc(C(C)(C)C)ncc2C(NC(=O)CCN2CCCC2=O)C1. The summed E-state index contributed by atoms with van der Waals surface area (Å²) in [7, 11) is 0. The summed E-state index contributed by atoms with van der Waals surface area (Å²) in [5.74, 6) is 0.995. The van der Waals surface area contributed by atoms with Crippen LogP contribution in [-0.4, -0.2) is 39.8 Å². The topological polar surface area (TPSA) is 75.2 Å². The van der Waals surface area contributed by atoms with Crippen LogP contribution in [0.4, 0.5) is 0 Å². The van der Waals surface area contributed by atoms with Crippen LogP contribution >= 0.6 is 0 Å². The normalized spacial score (nSPS) is 21.9. The quantitative estimate of drug-likeness (QED) is 0.882. The van der Waals surface area contributed by atoms with E-state index in [1.807, 2.05) is 6.20 Å². The first-order chi connectivity index (χ1) is 12.5. The molecule has 1 aromatic heterocycles. The second-order valence-corrected chi connectivity index (χ2v) is 9.75. The molecule has 3 rings (SSSR count). The number of hydrogen-bond donors (Lipinski definition) is 1. The average molecular weight is 373 g/mol. The average Bonchev–Trinajstić information content (AvgIpc) is 2.95. The van der Waals surface area contributed by atoms with Crippen LogP contribution in [-0.2, 0) is 21.4 Å². The highest BCUT2D eigenvalue weighted by Crippen LogP contribution is 2.40. The third-order valence-electron chi connectivity index (χ3n) is 5.46. The maximum atomic E-state index is 12.5. The lowest BCUT2D eigenvalue weighted by Crippen LogP contribution is -2.39. The number of amides is 2. The van der Waals surface area contributed by atoms with Gasteiger partial charge in [0.15, 0.2) is 0 Å². The molecule has 0 bridgehead atoms. The van der Waals surface area contributed by atoms with Crippen LogP contribution < -0.4 is 5.32 Å². The van der Waals surface area contributed by atoms with Crippen molar-refractivity contribution < 1.29 is 9.59 Å². The fourth-order valence-corrected chi connectivity index (χ4v) is 3.98. The summed E-state index contributed by atoms with van der Waals surface area (Å²) in [6.07, 6.45) is 5.51. The Bertz CT molecular complexity index is 736. The predicted molar refractivity (Wildman–Crippen MR) is 104 cm³/mol. The van der Waals surface area contributed by atoms with E-state index in [4.69, 9.17) is 4.98 Å². The number of nitrogens with one attached hydrogen (secondary N) is 1. The first-order valence-electron chi connectivity index (χ1n) is 9.99. The van der Waals surface area contributed by atoms with Crippen molar-refractivity contribution in [1.29, 1.82) is 0 Å². The molecule has 1 aromatic rings. The fraction of sp³-hybridized carbons (Fsp3) is 0.714. The van der Waals surface area contributed by atoms with E-state index in [0.29, 0.717) is 19.4 Å². The zero-order chi connectivity index (χ0) is 19.8. The van der Waals surface area contributed by atoms with Gasteiger partial charge in [-0.15, -0.1) is 0 Å². The van der Waals surface area contributed by atoms with Gasteiger partial charge in [0.05, 0.1) is 6.04 Å². The molecule has 27 heavy (non-hydrogen) atoms. The lowest BCUT2D eigenvalue weighted by Gasteiger charge is -2.37. The molecule has 0 saturated carbocycles. The van der Waals surface area contributed by atoms with E-state index in [0.717, 1.165) is 42.9 Å². The number of rotatable bonds is 4. The summed E-state index contributed by atoms with van der Waals surface area (Å²) in [5, 5.41) is 3.17. The van der Waals surface area contributed by atoms with Crippen LogP contribution in [0, 0.1) is 5.41 Å². The van der Waals surface area contributed by atoms with Crippen molar-refractivity contribution in [3.8, 4) is 0 Å². The van der Waals surface area contributed by atoms with Crippen molar-refractivity contribution >= 4 is 11.8 Å². The van der Waals surface area contributed by atoms with Crippen LogP contribution in [0.5, 0.6) is 0 Å². The number of carbonyl (C=O) groups is 2. The van der Waals surface area contributed by atoms with Gasteiger partial charge in [0.25, 0.3) is 0 Å². The zero-order valence-corrected chi connectivity index (χ0v) is 17.3. The van der Waals surface area contributed by atoms with Gasteiger partial charge < -0.3 is 10.2 Å². The summed E-state index contributed by atoms with van der Waals surface area (Å²) in [4.78, 5) is 35.5. The summed E-state index contributed by atoms with van der Waals surface area (Å²) in [6.45, 7) is 12.1. The van der Waals surface area contributed by atoms with E-state index < -0.39 is 0 Å². The smallest absolute Gasteiger partial charge is 0.222 e. The highest BCUT2D eigenvalue weighted by molar-refractivity contribution is 5.80. The van der Waals surface area contributed by atoms with E-state index >= 15 is 0 Å². The number of aromatic nitrogens is 2. The zero-order valence-electron chi connectivity index (χ0n) is 17.3. The molecule has 1 aliphatic carbocycles. The monoisotopic (exact) mass is 372 g/mol. The van der Waals surface area contributed by atoms with Crippen LogP contribution in [0.3, 0.4) is 0 Å². The first kappa shape index (κ1) is 19.8. The molecule has 0 spiro atoms. The van der Waals surface area contributed by atoms with Crippen molar-refractivity contribution in [3.63, 3.8) is 0 Å². The molecule has 1 unspecified atom stereocenters. The van der Waals surface area contributed by atoms with Crippen LogP contribution in [0.15, 0.2) is 6.20 Å². The van der Waals surface area contributed by atoms with Crippen molar-refractivity contribution in [2.75, 3.05) is 13.1 Å². The summed E-state index contributed by atoms with van der Waals surface area (Å²) in [5.41, 5.74) is 2.05. The minimum atomic E-state index is -0.0996. The second-order valence-electron chi connectivity index (χ2n) is 9.75. The Balaban J connectivity index is 1.72. The van der Waals surface area contributed by atoms with Gasteiger partial charge in [-0.05, 0) is 24.7 Å². The molecule has 2 aliphatic rings. The van der Waals surface area contributed by atoms with E-state index in [1.165, 1.54) is 0 Å². The number of carbonyl (C=O) groups excluding carboxylic acids is 2. The van der Waals surface area contributed by atoms with Gasteiger partial charge in [-0.25, -0.2) is 9.97 Å². The van der Waals surface area contributed by atoms with E-state index in [2.05, 4.69) is 44.9 Å². The van der Waals surface area contributed by atoms with Gasteiger partial charge in [0, 0.05) is 48.8 Å². The molecule has 1 aliphatic heterocycles. The Hall–Kier alpha value is -1.98. The van der Waals surface area contributed by atoms with Gasteiger partial charge in [0.1, 0.15) is 5.82 Å². The third-order valence-corrected chi connectivity index (χ3v) is 5.46. The van der Waals surface area contributed by atoms with Gasteiger partial charge >= 0.3 is 0 Å². The maximum Gasteiger partial charge on any atom is 0.222 e. The third kappa shape index (κ3) is 4.66. The number of likely N-dealkylation sites (tertiary alicyclic amines) is 1. The van der Waals surface area contributed by atoms with Gasteiger partial charge in [-0.1, -0.05) is 34.6 Å². The Labute approximate surface area is 162 Å². The molecule has 6 heteroatoms. The Kier molecular flexibility index (Phi) is 5.28. The lowest BCUT2D eigenvalue weighted by atomic mass is 9.74. The number of hydrogen-bond acceptors (Lipinski definition) is 4. The summed E-state index contributed by atoms with van der Waals surface area (Å²) < 4.78 is 0. The van der Waals surface area contributed by atoms with E-state index in [-0.39, 0.29) is 28.7 Å². The minimum absolute atomic E-state index is 0.0109. The van der Waals surface area contributed by atoms with Crippen molar-refractivity contribution in [2.45, 2.75) is 78.2 Å². The molecule has 2 heterocycles. The lowest BCUT2D eigenvalue weighted by molar-refractivity contribution is -0.128. The molecule has 6 nitrogen and oxygen atoms in total. The number of fused-ring (bicyclic) bond motifs is 1. The molecule has 0 radical (unpaired) electrons. The molecule has 148 valence electrons. The molecule has 1 fully saturated rings. The van der Waals surface area contributed by atoms with Crippen LogP contribution in [0.1, 0.15) is 83.4 Å². The fourth-order valence-electron chi connectivity index (χ4n) is 3.98. The van der Waals surface area contributed by atoms with Crippen molar-refractivity contribution in [3.05, 3.63) is 23.3 Å². The first-order valence-corrected chi connectivity index (χ1v) is 9.99. The Morgan fingerprint density at radius 1 is 1.37 bits per heavy atom. The molecule has 0 aromatic carbocycles. The highest BCUT2D eigenvalue weighted by atomic mass is 16.2. The van der Waals surface area contributed by atoms with Crippen LogP contribution in [0.2, 0.25) is 0 Å². The summed E-state index contributed by atoms with van der Waals surface area (Å²) in [6, 6.07) is -0.0699. The standard InChI is InChI=1S/C21H32N4O2/c1-20(2,3)19-22-13-14-15(11-21(4,5)12-16(14)24-19)23-17(26)8-10-25-9-6-7-18(25)27/h13,15H,6-12H2,1-5H3,(H,23,26). The van der Waals surface area contributed by atoms with Gasteiger partial charge in [-0.2, -0.15) is 0 Å². The molecule has 1 N–H and O–H groups in total. The molecule has 2 amide bonds.